The first-order valence-electron chi connectivity index (χ1n) is 7.53. The molecule has 0 aliphatic carbocycles. The fourth-order valence-electron chi connectivity index (χ4n) is 2.30. The molecule has 2 atom stereocenters. The van der Waals surface area contributed by atoms with Crippen LogP contribution >= 0.6 is 8.03 Å². The molecule has 2 aromatic carbocycles. The zero-order valence-corrected chi connectivity index (χ0v) is 13.7. The van der Waals surface area contributed by atoms with Gasteiger partial charge in [-0.05, 0) is 28.5 Å². The fourth-order valence-corrected chi connectivity index (χ4v) is 3.01. The Morgan fingerprint density at radius 3 is 2.13 bits per heavy atom. The first-order chi connectivity index (χ1) is 11.1. The average molecular weight is 331 g/mol. The highest BCUT2D eigenvalue weighted by Crippen LogP contribution is 2.23. The van der Waals surface area contributed by atoms with Crippen LogP contribution in [0.4, 0.5) is 0 Å². The number of benzene rings is 2. The summed E-state index contributed by atoms with van der Waals surface area (Å²) in [5.41, 5.74) is 2.00. The molecule has 5 heteroatoms. The summed E-state index contributed by atoms with van der Waals surface area (Å²) in [7, 11) is -2.37. The fraction of sp³-hybridized carbons (Fsp3) is 0.278. The van der Waals surface area contributed by atoms with Crippen molar-refractivity contribution < 1.29 is 19.0 Å². The molecule has 0 aliphatic rings. The van der Waals surface area contributed by atoms with E-state index in [-0.39, 0.29) is 12.8 Å². The van der Waals surface area contributed by atoms with Crippen LogP contribution in [0.15, 0.2) is 60.7 Å². The number of rotatable bonds is 8. The van der Waals surface area contributed by atoms with Crippen LogP contribution in [0.25, 0.3) is 0 Å². The number of carbonyl (C=O) groups excluding carboxylic acids is 1. The summed E-state index contributed by atoms with van der Waals surface area (Å²) in [6.45, 7) is 0.184. The van der Waals surface area contributed by atoms with Crippen LogP contribution < -0.4 is 0 Å². The Labute approximate surface area is 137 Å². The molecule has 0 fully saturated rings. The number of carbonyl (C=O) groups is 1. The van der Waals surface area contributed by atoms with Crippen molar-refractivity contribution in [1.29, 1.82) is 0 Å². The Morgan fingerprint density at radius 2 is 1.57 bits per heavy atom. The van der Waals surface area contributed by atoms with Crippen LogP contribution in [0.3, 0.4) is 0 Å². The molecule has 23 heavy (non-hydrogen) atoms. The number of hydrogen-bond acceptors (Lipinski definition) is 3. The van der Waals surface area contributed by atoms with Crippen LogP contribution in [0.2, 0.25) is 0 Å². The molecule has 0 radical (unpaired) electrons. The largest absolute Gasteiger partial charge is 0.506 e. The third kappa shape index (κ3) is 6.31. The summed E-state index contributed by atoms with van der Waals surface area (Å²) in [5, 5.41) is 0. The van der Waals surface area contributed by atoms with E-state index in [2.05, 4.69) is 0 Å². The first kappa shape index (κ1) is 17.3. The van der Waals surface area contributed by atoms with E-state index >= 15 is 0 Å². The minimum absolute atomic E-state index is 0.0597. The van der Waals surface area contributed by atoms with Crippen LogP contribution in [-0.2, 0) is 27.1 Å². The molecular weight excluding hydrogens is 311 g/mol. The summed E-state index contributed by atoms with van der Waals surface area (Å²) in [6.07, 6.45) is 1.12. The van der Waals surface area contributed by atoms with Crippen molar-refractivity contribution >= 4 is 14.0 Å². The van der Waals surface area contributed by atoms with E-state index in [1.165, 1.54) is 0 Å². The third-order valence-electron chi connectivity index (χ3n) is 3.56. The smallest absolute Gasteiger partial charge is 0.460 e. The molecule has 2 aromatic rings. The summed E-state index contributed by atoms with van der Waals surface area (Å²) in [6, 6.07) is 19.1. The minimum Gasteiger partial charge on any atom is -0.460 e. The van der Waals surface area contributed by atoms with Crippen molar-refractivity contribution in [3.8, 4) is 0 Å². The van der Waals surface area contributed by atoms with Gasteiger partial charge in [-0.25, -0.2) is 0 Å². The molecule has 0 bridgehead atoms. The van der Waals surface area contributed by atoms with Crippen molar-refractivity contribution in [2.24, 2.45) is 5.92 Å². The molecule has 1 N–H and O–H groups in total. The molecule has 4 nitrogen and oxygen atoms in total. The maximum atomic E-state index is 12.2. The molecule has 0 aromatic heterocycles. The molecule has 0 amide bonds. The molecular formula is C18H20O4P+. The van der Waals surface area contributed by atoms with Crippen molar-refractivity contribution in [2.75, 3.05) is 6.16 Å². The third-order valence-corrected chi connectivity index (χ3v) is 4.31. The van der Waals surface area contributed by atoms with E-state index in [9.17, 15) is 9.36 Å². The van der Waals surface area contributed by atoms with Crippen molar-refractivity contribution in [3.63, 3.8) is 0 Å². The molecule has 0 saturated heterocycles. The van der Waals surface area contributed by atoms with E-state index in [4.69, 9.17) is 9.63 Å². The Kier molecular flexibility index (Phi) is 6.92. The number of esters is 1. The van der Waals surface area contributed by atoms with Gasteiger partial charge in [-0.15, -0.1) is 0 Å². The van der Waals surface area contributed by atoms with E-state index in [0.29, 0.717) is 12.8 Å². The lowest BCUT2D eigenvalue weighted by molar-refractivity contribution is -0.149. The first-order valence-corrected chi connectivity index (χ1v) is 8.93. The Morgan fingerprint density at radius 1 is 1.00 bits per heavy atom. The summed E-state index contributed by atoms with van der Waals surface area (Å²) < 4.78 is 16.4. The van der Waals surface area contributed by atoms with Gasteiger partial charge in [-0.2, -0.15) is 4.89 Å². The lowest BCUT2D eigenvalue weighted by Crippen LogP contribution is -2.21. The second-order valence-electron chi connectivity index (χ2n) is 5.35. The van der Waals surface area contributed by atoms with Crippen LogP contribution in [-0.4, -0.2) is 17.0 Å². The molecule has 120 valence electrons. The lowest BCUT2D eigenvalue weighted by atomic mass is 10.0. The van der Waals surface area contributed by atoms with E-state index in [0.717, 1.165) is 11.1 Å². The topological polar surface area (TPSA) is 63.6 Å². The highest BCUT2D eigenvalue weighted by atomic mass is 31.1. The Hall–Kier alpha value is -2.03. The lowest BCUT2D eigenvalue weighted by Gasteiger charge is -2.12. The summed E-state index contributed by atoms with van der Waals surface area (Å²) in [5.74, 6) is -0.977. The normalized spacial score (nSPS) is 12.5. The summed E-state index contributed by atoms with van der Waals surface area (Å²) >= 11 is 0. The number of ether oxygens (including phenoxy) is 1. The second-order valence-corrected chi connectivity index (χ2v) is 6.42. The van der Waals surface area contributed by atoms with E-state index in [1.807, 2.05) is 60.7 Å². The number of aryl methyl sites for hydroxylation is 1. The van der Waals surface area contributed by atoms with Gasteiger partial charge >= 0.3 is 14.0 Å². The average Bonchev–Trinajstić information content (AvgIpc) is 2.58. The predicted molar refractivity (Wildman–Crippen MR) is 89.2 cm³/mol. The highest BCUT2D eigenvalue weighted by Gasteiger charge is 2.29. The quantitative estimate of drug-likeness (QED) is 0.591. The maximum absolute atomic E-state index is 12.2. The molecule has 0 aliphatic heterocycles. The van der Waals surface area contributed by atoms with Crippen molar-refractivity contribution in [1.82, 2.24) is 0 Å². The molecule has 0 saturated carbocycles. The van der Waals surface area contributed by atoms with Crippen LogP contribution in [0.5, 0.6) is 0 Å². The van der Waals surface area contributed by atoms with Crippen molar-refractivity contribution in [3.05, 3.63) is 71.8 Å². The predicted octanol–water partition coefficient (Wildman–Crippen LogP) is 3.71. The van der Waals surface area contributed by atoms with Gasteiger partial charge in [0.2, 0.25) is 0 Å². The SMILES string of the molecule is O=C(OCc1ccccc1)C(CCc1ccccc1)C[P+](=O)O. The van der Waals surface area contributed by atoms with Crippen molar-refractivity contribution in [2.45, 2.75) is 19.4 Å². The minimum atomic E-state index is -2.37. The molecule has 0 spiro atoms. The highest BCUT2D eigenvalue weighted by molar-refractivity contribution is 7.38. The van der Waals surface area contributed by atoms with E-state index < -0.39 is 19.9 Å². The van der Waals surface area contributed by atoms with Gasteiger partial charge in [-0.1, -0.05) is 60.7 Å². The zero-order chi connectivity index (χ0) is 16.5. The van der Waals surface area contributed by atoms with Gasteiger partial charge in [0.25, 0.3) is 0 Å². The van der Waals surface area contributed by atoms with Gasteiger partial charge in [0.1, 0.15) is 12.5 Å². The van der Waals surface area contributed by atoms with Gasteiger partial charge < -0.3 is 4.74 Å². The second kappa shape index (κ2) is 9.19. The standard InChI is InChI=1S/C18H19O4P/c19-18(22-13-16-9-5-2-6-10-16)17(14-23(20)21)12-11-15-7-3-1-4-8-15/h1-10,17H,11-14H2/p+1. The Bertz CT molecular complexity index is 628. The van der Waals surface area contributed by atoms with Gasteiger partial charge in [0, 0.05) is 0 Å². The monoisotopic (exact) mass is 331 g/mol. The van der Waals surface area contributed by atoms with Crippen LogP contribution in [0, 0.1) is 5.92 Å². The molecule has 2 unspecified atom stereocenters. The van der Waals surface area contributed by atoms with Crippen LogP contribution in [0.1, 0.15) is 17.5 Å². The van der Waals surface area contributed by atoms with Gasteiger partial charge in [0.15, 0.2) is 6.16 Å². The van der Waals surface area contributed by atoms with Gasteiger partial charge in [-0.3, -0.25) is 4.79 Å². The van der Waals surface area contributed by atoms with Gasteiger partial charge in [0.05, 0.1) is 0 Å². The number of hydrogen-bond donors (Lipinski definition) is 1. The molecule has 0 heterocycles. The maximum Gasteiger partial charge on any atom is 0.506 e. The molecule has 2 rings (SSSR count). The summed E-state index contributed by atoms with van der Waals surface area (Å²) in [4.78, 5) is 21.4. The Balaban J connectivity index is 1.91. The van der Waals surface area contributed by atoms with E-state index in [1.54, 1.807) is 0 Å². The zero-order valence-electron chi connectivity index (χ0n) is 12.8.